The van der Waals surface area contributed by atoms with E-state index >= 15 is 0 Å². The minimum Gasteiger partial charge on any atom is -0.496 e. The number of imidazole rings is 1. The number of fused-ring (bicyclic) bond motifs is 2. The number of ether oxygens (including phenoxy) is 2. The van der Waals surface area contributed by atoms with Gasteiger partial charge in [0, 0.05) is 48.5 Å². The van der Waals surface area contributed by atoms with Crippen LogP contribution in [0.4, 0.5) is 16.3 Å². The summed E-state index contributed by atoms with van der Waals surface area (Å²) in [5.41, 5.74) is 0.902. The lowest BCUT2D eigenvalue weighted by atomic mass is 9.86. The number of non-ortho nitro benzene ring substituents is 1. The Bertz CT molecular complexity index is 1910. The summed E-state index contributed by atoms with van der Waals surface area (Å²) < 4.78 is 14.2. The van der Waals surface area contributed by atoms with Crippen LogP contribution in [0.2, 0.25) is 0 Å². The van der Waals surface area contributed by atoms with Gasteiger partial charge in [0.25, 0.3) is 11.6 Å². The maximum absolute atomic E-state index is 13.2. The molecule has 1 aliphatic heterocycles. The maximum atomic E-state index is 13.2. The highest BCUT2D eigenvalue weighted by atomic mass is 16.6. The number of carbonyl (C=O) groups excluding carboxylic acids is 2. The van der Waals surface area contributed by atoms with Gasteiger partial charge in [-0.05, 0) is 56.0 Å². The Hall–Kier alpha value is -5.66. The summed E-state index contributed by atoms with van der Waals surface area (Å²) in [6.45, 7) is 0. The van der Waals surface area contributed by atoms with Crippen LogP contribution in [0.1, 0.15) is 36.0 Å². The Labute approximate surface area is 250 Å². The number of anilines is 1. The minimum absolute atomic E-state index is 0.00957. The number of rotatable bonds is 7. The predicted molar refractivity (Wildman–Crippen MR) is 158 cm³/mol. The molecule has 2 aromatic heterocycles. The zero-order chi connectivity index (χ0) is 30.8. The lowest BCUT2D eigenvalue weighted by molar-refractivity contribution is -0.424. The summed E-state index contributed by atoms with van der Waals surface area (Å²) in [6, 6.07) is 12.5. The summed E-state index contributed by atoms with van der Waals surface area (Å²) in [4.78, 5) is 42.1. The summed E-state index contributed by atoms with van der Waals surface area (Å²) >= 11 is 0. The van der Waals surface area contributed by atoms with Crippen molar-refractivity contribution in [3.63, 3.8) is 0 Å². The van der Waals surface area contributed by atoms with Gasteiger partial charge >= 0.3 is 6.09 Å². The van der Waals surface area contributed by atoms with E-state index in [9.17, 15) is 19.7 Å². The van der Waals surface area contributed by atoms with Crippen LogP contribution in [-0.2, 0) is 0 Å². The van der Waals surface area contributed by atoms with E-state index in [1.165, 1.54) is 31.4 Å². The summed E-state index contributed by atoms with van der Waals surface area (Å²) in [6.07, 6.45) is 9.85. The summed E-state index contributed by atoms with van der Waals surface area (Å²) in [5.74, 6) is 0.975. The molecular formula is C30H29N8O6+. The fourth-order valence-electron chi connectivity index (χ4n) is 5.40. The average Bonchev–Trinajstić information content (AvgIpc) is 3.63. The second-order valence-corrected chi connectivity index (χ2v) is 10.6. The lowest BCUT2D eigenvalue weighted by Crippen LogP contribution is -2.41. The first-order valence-corrected chi connectivity index (χ1v) is 14.0. The molecular weight excluding hydrogens is 568 g/mol. The van der Waals surface area contributed by atoms with Gasteiger partial charge in [0.2, 0.25) is 6.20 Å². The number of methoxy groups -OCH3 is 1. The number of carbonyl (C=O) groups is 2. The smallest absolute Gasteiger partial charge is 0.415 e. The number of nitrogens with zero attached hydrogens (tertiary/aromatic N) is 7. The van der Waals surface area contributed by atoms with Crippen LogP contribution in [0, 0.1) is 16.0 Å². The van der Waals surface area contributed by atoms with Gasteiger partial charge in [-0.15, -0.1) is 0 Å². The van der Waals surface area contributed by atoms with Crippen LogP contribution in [0.25, 0.3) is 11.8 Å². The maximum Gasteiger partial charge on any atom is 0.415 e. The molecule has 1 N–H and O–H groups in total. The van der Waals surface area contributed by atoms with Crippen LogP contribution in [0.15, 0.2) is 66.0 Å². The van der Waals surface area contributed by atoms with Gasteiger partial charge < -0.3 is 19.7 Å². The Morgan fingerprint density at radius 3 is 2.66 bits per heavy atom. The van der Waals surface area contributed by atoms with E-state index in [-0.39, 0.29) is 29.3 Å². The van der Waals surface area contributed by atoms with E-state index in [0.717, 1.165) is 30.9 Å². The van der Waals surface area contributed by atoms with Crippen molar-refractivity contribution >= 4 is 41.6 Å². The van der Waals surface area contributed by atoms with Crippen LogP contribution in [0.3, 0.4) is 0 Å². The molecule has 0 bridgehead atoms. The lowest BCUT2D eigenvalue weighted by Gasteiger charge is -2.32. The van der Waals surface area contributed by atoms with Gasteiger partial charge in [0.1, 0.15) is 16.9 Å². The van der Waals surface area contributed by atoms with Crippen LogP contribution in [0.5, 0.6) is 11.5 Å². The van der Waals surface area contributed by atoms with Crippen LogP contribution >= 0.6 is 0 Å². The molecule has 4 aromatic rings. The molecule has 0 saturated heterocycles. The molecule has 44 heavy (non-hydrogen) atoms. The molecule has 2 aromatic carbocycles. The predicted octanol–water partition coefficient (Wildman–Crippen LogP) is 2.96. The second kappa shape index (κ2) is 11.9. The van der Waals surface area contributed by atoms with Crippen molar-refractivity contribution < 1.29 is 28.7 Å². The monoisotopic (exact) mass is 597 g/mol. The molecule has 6 rings (SSSR count). The van der Waals surface area contributed by atoms with E-state index in [1.54, 1.807) is 57.8 Å². The Kier molecular flexibility index (Phi) is 7.70. The quantitative estimate of drug-likeness (QED) is 0.194. The Morgan fingerprint density at radius 2 is 1.93 bits per heavy atom. The summed E-state index contributed by atoms with van der Waals surface area (Å²) in [7, 11) is 3.21. The van der Waals surface area contributed by atoms with Crippen LogP contribution < -0.4 is 25.4 Å². The van der Waals surface area contributed by atoms with Crippen LogP contribution in [-0.4, -0.2) is 67.5 Å². The topological polar surface area (TPSA) is 157 Å². The zero-order valence-corrected chi connectivity index (χ0v) is 24.0. The van der Waals surface area contributed by atoms with Crippen molar-refractivity contribution in [3.8, 4) is 11.5 Å². The second-order valence-electron chi connectivity index (χ2n) is 10.6. The highest BCUT2D eigenvalue weighted by Crippen LogP contribution is 2.27. The number of aromatic nitrogens is 3. The third kappa shape index (κ3) is 5.82. The fraction of sp³-hybridized carbons (Fsp3) is 0.267. The molecule has 2 amide bonds. The molecule has 1 saturated carbocycles. The largest absolute Gasteiger partial charge is 0.496 e. The van der Waals surface area contributed by atoms with Crippen molar-refractivity contribution in [3.05, 3.63) is 87.2 Å². The minimum atomic E-state index is -0.504. The van der Waals surface area contributed by atoms with E-state index in [0.29, 0.717) is 28.1 Å². The molecule has 1 fully saturated rings. The van der Waals surface area contributed by atoms with E-state index in [2.05, 4.69) is 26.7 Å². The van der Waals surface area contributed by atoms with Gasteiger partial charge in [-0.3, -0.25) is 14.9 Å². The first-order chi connectivity index (χ1) is 21.3. The molecule has 0 atom stereocenters. The summed E-state index contributed by atoms with van der Waals surface area (Å²) in [5, 5.41) is 24.1. The van der Waals surface area contributed by atoms with Gasteiger partial charge in [-0.25, -0.2) is 9.78 Å². The molecule has 2 aliphatic rings. The molecule has 224 valence electrons. The van der Waals surface area contributed by atoms with Gasteiger partial charge in [-0.2, -0.15) is 9.61 Å². The van der Waals surface area contributed by atoms with Gasteiger partial charge in [0.15, 0.2) is 17.7 Å². The molecule has 1 aliphatic carbocycles. The van der Waals surface area contributed by atoms with Gasteiger partial charge in [-0.1, -0.05) is 4.68 Å². The van der Waals surface area contributed by atoms with Crippen molar-refractivity contribution in [2.45, 2.75) is 31.7 Å². The van der Waals surface area contributed by atoms with E-state index in [4.69, 9.17) is 9.47 Å². The number of benzene rings is 2. The fourth-order valence-corrected chi connectivity index (χ4v) is 5.40. The molecule has 14 nitrogen and oxygen atoms in total. The average molecular weight is 598 g/mol. The highest BCUT2D eigenvalue weighted by Gasteiger charge is 2.29. The molecule has 14 heteroatoms. The van der Waals surface area contributed by atoms with Crippen molar-refractivity contribution in [1.82, 2.24) is 19.5 Å². The Balaban J connectivity index is 1.09. The van der Waals surface area contributed by atoms with Crippen molar-refractivity contribution in [1.29, 1.82) is 0 Å². The standard InChI is InChI=1S/C30H28N8O6/c1-35(30(40)44-23-11-9-22(10-12-23)38(41)42)21-7-5-19(6-8-21)17-36-18-20-14-24(26(43-2)15-25(20)34-36)29(39)33-28-16-31-27-4-3-13-32-37(27)28/h3-4,9-19,21H,5-8H2,1-2H3/p+1/b36-17-. The SMILES string of the molecule is COc1cc2c(cc1C(=O)Nc1cnc3cccnn13)=C/[N+](=C/C1CCC(N(C)C(=O)Oc3ccc([N+](=O)[O-])cc3)CC1)N=2. The highest BCUT2D eigenvalue weighted by molar-refractivity contribution is 6.05. The van der Waals surface area contributed by atoms with E-state index < -0.39 is 11.0 Å². The zero-order valence-electron chi connectivity index (χ0n) is 24.0. The number of nitrogens with one attached hydrogen (secondary N) is 1. The van der Waals surface area contributed by atoms with Gasteiger partial charge in [0.05, 0.1) is 29.0 Å². The Morgan fingerprint density at radius 1 is 1.16 bits per heavy atom. The number of hydrogen-bond donors (Lipinski definition) is 1. The van der Waals surface area contributed by atoms with E-state index in [1.807, 2.05) is 6.20 Å². The number of hydrogen-bond acceptors (Lipinski definition) is 9. The molecule has 0 unspecified atom stereocenters. The number of nitro benzene ring substituents is 1. The number of nitro groups is 1. The van der Waals surface area contributed by atoms with Crippen molar-refractivity contribution in [2.75, 3.05) is 19.5 Å². The normalized spacial score (nSPS) is 18.2. The third-order valence-corrected chi connectivity index (χ3v) is 7.80. The first kappa shape index (κ1) is 28.5. The van der Waals surface area contributed by atoms with Crippen molar-refractivity contribution in [2.24, 2.45) is 11.0 Å². The number of amides is 2. The molecule has 0 spiro atoms. The first-order valence-electron chi connectivity index (χ1n) is 14.0. The molecule has 3 heterocycles. The molecule has 0 radical (unpaired) electrons. The third-order valence-electron chi connectivity index (χ3n) is 7.80.